The SMILES string of the molecule is Nc1cc(F)cc(C(=O)N2Cc3ccccc3C2)c1F. The number of nitrogens with zero attached hydrogens (tertiary/aromatic N) is 1. The van der Waals surface area contributed by atoms with Crippen molar-refractivity contribution >= 4 is 11.6 Å². The summed E-state index contributed by atoms with van der Waals surface area (Å²) in [6.45, 7) is 0.787. The largest absolute Gasteiger partial charge is 0.396 e. The van der Waals surface area contributed by atoms with Gasteiger partial charge in [-0.15, -0.1) is 0 Å². The number of carbonyl (C=O) groups is 1. The Morgan fingerprint density at radius 3 is 2.30 bits per heavy atom. The number of anilines is 1. The first kappa shape index (κ1) is 12.6. The molecule has 0 aliphatic carbocycles. The Labute approximate surface area is 114 Å². The molecule has 1 aliphatic rings. The van der Waals surface area contributed by atoms with E-state index in [1.165, 1.54) is 4.90 Å². The van der Waals surface area contributed by atoms with Crippen LogP contribution in [0.3, 0.4) is 0 Å². The number of nitrogens with two attached hydrogens (primary N) is 1. The van der Waals surface area contributed by atoms with Gasteiger partial charge in [-0.05, 0) is 23.3 Å². The second-order valence-corrected chi connectivity index (χ2v) is 4.79. The molecule has 0 saturated heterocycles. The maximum absolute atomic E-state index is 13.9. The quantitative estimate of drug-likeness (QED) is 0.813. The fourth-order valence-corrected chi connectivity index (χ4v) is 2.41. The van der Waals surface area contributed by atoms with E-state index in [1.54, 1.807) is 0 Å². The maximum Gasteiger partial charge on any atom is 0.257 e. The summed E-state index contributed by atoms with van der Waals surface area (Å²) < 4.78 is 27.2. The lowest BCUT2D eigenvalue weighted by Crippen LogP contribution is -2.26. The van der Waals surface area contributed by atoms with Crippen molar-refractivity contribution in [3.63, 3.8) is 0 Å². The molecule has 0 saturated carbocycles. The molecule has 20 heavy (non-hydrogen) atoms. The molecular formula is C15H12F2N2O. The number of carbonyl (C=O) groups excluding carboxylic acids is 1. The minimum atomic E-state index is -0.868. The fraction of sp³-hybridized carbons (Fsp3) is 0.133. The molecule has 2 N–H and O–H groups in total. The van der Waals surface area contributed by atoms with Crippen LogP contribution < -0.4 is 5.73 Å². The second-order valence-electron chi connectivity index (χ2n) is 4.79. The predicted molar refractivity (Wildman–Crippen MR) is 70.8 cm³/mol. The summed E-state index contributed by atoms with van der Waals surface area (Å²) in [6.07, 6.45) is 0. The third kappa shape index (κ3) is 2.01. The van der Waals surface area contributed by atoms with Crippen LogP contribution in [0.25, 0.3) is 0 Å². The fourth-order valence-electron chi connectivity index (χ4n) is 2.41. The molecule has 3 nitrogen and oxygen atoms in total. The van der Waals surface area contributed by atoms with Crippen LogP contribution in [0.2, 0.25) is 0 Å². The van der Waals surface area contributed by atoms with E-state index in [9.17, 15) is 13.6 Å². The summed E-state index contributed by atoms with van der Waals surface area (Å²) in [4.78, 5) is 13.8. The monoisotopic (exact) mass is 274 g/mol. The van der Waals surface area contributed by atoms with Gasteiger partial charge in [0, 0.05) is 13.1 Å². The van der Waals surface area contributed by atoms with Crippen molar-refractivity contribution in [2.45, 2.75) is 13.1 Å². The van der Waals surface area contributed by atoms with Crippen LogP contribution in [0.1, 0.15) is 21.5 Å². The van der Waals surface area contributed by atoms with Gasteiger partial charge >= 0.3 is 0 Å². The number of nitrogen functional groups attached to an aromatic ring is 1. The van der Waals surface area contributed by atoms with Crippen molar-refractivity contribution in [3.05, 3.63) is 64.7 Å². The van der Waals surface area contributed by atoms with E-state index < -0.39 is 17.5 Å². The minimum Gasteiger partial charge on any atom is -0.396 e. The number of rotatable bonds is 1. The van der Waals surface area contributed by atoms with Crippen molar-refractivity contribution in [1.29, 1.82) is 0 Å². The molecule has 2 aromatic carbocycles. The van der Waals surface area contributed by atoms with E-state index in [4.69, 9.17) is 5.73 Å². The highest BCUT2D eigenvalue weighted by Crippen LogP contribution is 2.26. The first-order chi connectivity index (χ1) is 9.56. The number of halogens is 2. The topological polar surface area (TPSA) is 46.3 Å². The van der Waals surface area contributed by atoms with Crippen molar-refractivity contribution in [3.8, 4) is 0 Å². The molecule has 5 heteroatoms. The Hall–Kier alpha value is -2.43. The van der Waals surface area contributed by atoms with Gasteiger partial charge < -0.3 is 10.6 Å². The van der Waals surface area contributed by atoms with E-state index in [0.29, 0.717) is 13.1 Å². The van der Waals surface area contributed by atoms with Crippen LogP contribution in [0, 0.1) is 11.6 Å². The highest BCUT2D eigenvalue weighted by Gasteiger charge is 2.26. The number of fused-ring (bicyclic) bond motifs is 1. The standard InChI is InChI=1S/C15H12F2N2O/c16-11-5-12(14(17)13(18)6-11)15(20)19-7-9-3-1-2-4-10(9)8-19/h1-6H,7-8,18H2. The third-order valence-corrected chi connectivity index (χ3v) is 3.42. The van der Waals surface area contributed by atoms with Crippen molar-refractivity contribution in [2.24, 2.45) is 0 Å². The molecule has 0 spiro atoms. The zero-order chi connectivity index (χ0) is 14.3. The minimum absolute atomic E-state index is 0.324. The summed E-state index contributed by atoms with van der Waals surface area (Å²) in [5.74, 6) is -2.14. The zero-order valence-electron chi connectivity index (χ0n) is 10.6. The van der Waals surface area contributed by atoms with E-state index in [1.807, 2.05) is 24.3 Å². The van der Waals surface area contributed by atoms with Gasteiger partial charge in [0.15, 0.2) is 5.82 Å². The Kier molecular flexibility index (Phi) is 2.89. The van der Waals surface area contributed by atoms with Gasteiger partial charge in [-0.1, -0.05) is 24.3 Å². The number of hydrogen-bond donors (Lipinski definition) is 1. The van der Waals surface area contributed by atoms with Crippen LogP contribution in [0.4, 0.5) is 14.5 Å². The molecule has 0 atom stereocenters. The number of hydrogen-bond acceptors (Lipinski definition) is 2. The van der Waals surface area contributed by atoms with Gasteiger partial charge in [-0.2, -0.15) is 0 Å². The molecule has 1 aliphatic heterocycles. The first-order valence-electron chi connectivity index (χ1n) is 6.17. The molecule has 102 valence electrons. The summed E-state index contributed by atoms with van der Waals surface area (Å²) in [6, 6.07) is 9.35. The summed E-state index contributed by atoms with van der Waals surface area (Å²) in [5, 5.41) is 0. The predicted octanol–water partition coefficient (Wildman–Crippen LogP) is 2.70. The van der Waals surface area contributed by atoms with Crippen LogP contribution in [-0.4, -0.2) is 10.8 Å². The van der Waals surface area contributed by atoms with Gasteiger partial charge in [0.25, 0.3) is 5.91 Å². The van der Waals surface area contributed by atoms with Crippen molar-refractivity contribution in [2.75, 3.05) is 5.73 Å². The summed E-state index contributed by atoms with van der Waals surface area (Å²) >= 11 is 0. The second kappa shape index (κ2) is 4.59. The Bertz CT molecular complexity index is 675. The number of benzene rings is 2. The van der Waals surface area contributed by atoms with Crippen molar-refractivity contribution < 1.29 is 13.6 Å². The Morgan fingerprint density at radius 2 is 1.70 bits per heavy atom. The highest BCUT2D eigenvalue weighted by atomic mass is 19.1. The van der Waals surface area contributed by atoms with E-state index in [2.05, 4.69) is 0 Å². The van der Waals surface area contributed by atoms with Crippen LogP contribution in [0.5, 0.6) is 0 Å². The molecule has 0 bridgehead atoms. The molecule has 2 aromatic rings. The molecule has 3 rings (SSSR count). The van der Waals surface area contributed by atoms with Crippen LogP contribution in [0.15, 0.2) is 36.4 Å². The van der Waals surface area contributed by atoms with Gasteiger partial charge in [0.2, 0.25) is 0 Å². The lowest BCUT2D eigenvalue weighted by atomic mass is 10.1. The molecule has 0 radical (unpaired) electrons. The molecular weight excluding hydrogens is 262 g/mol. The number of amides is 1. The third-order valence-electron chi connectivity index (χ3n) is 3.42. The van der Waals surface area contributed by atoms with Crippen LogP contribution >= 0.6 is 0 Å². The zero-order valence-corrected chi connectivity index (χ0v) is 10.6. The molecule has 1 amide bonds. The highest BCUT2D eigenvalue weighted by molar-refractivity contribution is 5.95. The Balaban J connectivity index is 1.92. The van der Waals surface area contributed by atoms with Crippen LogP contribution in [-0.2, 0) is 13.1 Å². The molecule has 0 unspecified atom stereocenters. The molecule has 0 fully saturated rings. The first-order valence-corrected chi connectivity index (χ1v) is 6.17. The average Bonchev–Trinajstić information content (AvgIpc) is 2.86. The lowest BCUT2D eigenvalue weighted by molar-refractivity contribution is 0.0746. The molecule has 1 heterocycles. The van der Waals surface area contributed by atoms with Gasteiger partial charge in [-0.3, -0.25) is 4.79 Å². The summed E-state index contributed by atoms with van der Waals surface area (Å²) in [5.41, 5.74) is 6.71. The molecule has 0 aromatic heterocycles. The lowest BCUT2D eigenvalue weighted by Gasteiger charge is -2.16. The van der Waals surface area contributed by atoms with E-state index in [-0.39, 0.29) is 11.3 Å². The van der Waals surface area contributed by atoms with E-state index in [0.717, 1.165) is 23.3 Å². The van der Waals surface area contributed by atoms with E-state index >= 15 is 0 Å². The van der Waals surface area contributed by atoms with Crippen molar-refractivity contribution in [1.82, 2.24) is 4.90 Å². The van der Waals surface area contributed by atoms with Gasteiger partial charge in [-0.25, -0.2) is 8.78 Å². The maximum atomic E-state index is 13.9. The summed E-state index contributed by atoms with van der Waals surface area (Å²) in [7, 11) is 0. The smallest absolute Gasteiger partial charge is 0.257 e. The Morgan fingerprint density at radius 1 is 1.10 bits per heavy atom. The normalized spacial score (nSPS) is 13.4. The van der Waals surface area contributed by atoms with Gasteiger partial charge in [0.1, 0.15) is 5.82 Å². The average molecular weight is 274 g/mol. The van der Waals surface area contributed by atoms with Gasteiger partial charge in [0.05, 0.1) is 11.3 Å².